The van der Waals surface area contributed by atoms with Gasteiger partial charge in [0.05, 0.1) is 10.7 Å². The van der Waals surface area contributed by atoms with E-state index in [9.17, 15) is 4.79 Å². The van der Waals surface area contributed by atoms with Crippen molar-refractivity contribution in [3.8, 4) is 0 Å². The van der Waals surface area contributed by atoms with Crippen LogP contribution in [-0.4, -0.2) is 62.7 Å². The van der Waals surface area contributed by atoms with E-state index in [2.05, 4.69) is 23.8 Å². The SMILES string of the molecule is CC(C)N1CCCn2nc(C(=O)N3CCSCC3)c(Cl)c2C1. The van der Waals surface area contributed by atoms with Gasteiger partial charge in [0.15, 0.2) is 5.69 Å². The number of carbonyl (C=O) groups excluding carboxylic acids is 1. The van der Waals surface area contributed by atoms with Crippen LogP contribution in [0.5, 0.6) is 0 Å². The fourth-order valence-corrected chi connectivity index (χ4v) is 4.18. The molecular formula is C15H23ClN4OS. The molecule has 1 aromatic heterocycles. The second-order valence-electron chi connectivity index (χ2n) is 6.15. The maximum absolute atomic E-state index is 12.7. The van der Waals surface area contributed by atoms with Gasteiger partial charge in [-0.1, -0.05) is 11.6 Å². The molecule has 0 bridgehead atoms. The summed E-state index contributed by atoms with van der Waals surface area (Å²) in [6, 6.07) is 0.468. The highest BCUT2D eigenvalue weighted by Crippen LogP contribution is 2.27. The van der Waals surface area contributed by atoms with Crippen molar-refractivity contribution in [1.29, 1.82) is 0 Å². The molecule has 0 atom stereocenters. The zero-order valence-electron chi connectivity index (χ0n) is 13.2. The zero-order valence-corrected chi connectivity index (χ0v) is 14.8. The highest BCUT2D eigenvalue weighted by Gasteiger charge is 2.29. The van der Waals surface area contributed by atoms with E-state index in [1.165, 1.54) is 0 Å². The quantitative estimate of drug-likeness (QED) is 0.827. The zero-order chi connectivity index (χ0) is 15.7. The molecular weight excluding hydrogens is 320 g/mol. The molecule has 0 saturated carbocycles. The first-order chi connectivity index (χ1) is 10.6. The highest BCUT2D eigenvalue weighted by molar-refractivity contribution is 7.99. The van der Waals surface area contributed by atoms with Crippen LogP contribution in [0.25, 0.3) is 0 Å². The van der Waals surface area contributed by atoms with Gasteiger partial charge in [-0.2, -0.15) is 16.9 Å². The smallest absolute Gasteiger partial charge is 0.275 e. The van der Waals surface area contributed by atoms with Gasteiger partial charge < -0.3 is 4.90 Å². The minimum atomic E-state index is -0.0121. The second-order valence-corrected chi connectivity index (χ2v) is 7.76. The van der Waals surface area contributed by atoms with Crippen molar-refractivity contribution in [2.24, 2.45) is 0 Å². The number of fused-ring (bicyclic) bond motifs is 1. The Kier molecular flexibility index (Phi) is 5.00. The fraction of sp³-hybridized carbons (Fsp3) is 0.733. The third-order valence-electron chi connectivity index (χ3n) is 4.39. The summed E-state index contributed by atoms with van der Waals surface area (Å²) >= 11 is 8.43. The van der Waals surface area contributed by atoms with E-state index in [-0.39, 0.29) is 5.91 Å². The lowest BCUT2D eigenvalue weighted by Crippen LogP contribution is -2.38. The molecule has 122 valence electrons. The monoisotopic (exact) mass is 342 g/mol. The Bertz CT molecular complexity index is 554. The van der Waals surface area contributed by atoms with E-state index in [0.29, 0.717) is 16.8 Å². The molecule has 1 saturated heterocycles. The number of carbonyl (C=O) groups is 1. The van der Waals surface area contributed by atoms with Crippen LogP contribution in [0.2, 0.25) is 5.02 Å². The third kappa shape index (κ3) is 3.14. The van der Waals surface area contributed by atoms with Crippen molar-refractivity contribution in [2.45, 2.75) is 39.4 Å². The summed E-state index contributed by atoms with van der Waals surface area (Å²) < 4.78 is 1.94. The number of thioether (sulfide) groups is 1. The van der Waals surface area contributed by atoms with Gasteiger partial charge in [-0.25, -0.2) is 0 Å². The topological polar surface area (TPSA) is 41.4 Å². The molecule has 1 fully saturated rings. The number of hydrogen-bond acceptors (Lipinski definition) is 4. The fourth-order valence-electron chi connectivity index (χ4n) is 3.00. The molecule has 22 heavy (non-hydrogen) atoms. The normalized spacial score (nSPS) is 20.1. The van der Waals surface area contributed by atoms with E-state index in [1.54, 1.807) is 0 Å². The lowest BCUT2D eigenvalue weighted by Gasteiger charge is -2.26. The number of halogens is 1. The standard InChI is InChI=1S/C15H23ClN4OS/c1-11(2)19-4-3-5-20-12(10-19)13(16)14(17-20)15(21)18-6-8-22-9-7-18/h11H,3-10H2,1-2H3. The van der Waals surface area contributed by atoms with E-state index < -0.39 is 0 Å². The van der Waals surface area contributed by atoms with Crippen LogP contribution in [0.1, 0.15) is 36.5 Å². The minimum absolute atomic E-state index is 0.0121. The van der Waals surface area contributed by atoms with Crippen molar-refractivity contribution in [3.63, 3.8) is 0 Å². The van der Waals surface area contributed by atoms with Crippen LogP contribution < -0.4 is 0 Å². The Morgan fingerprint density at radius 2 is 1.95 bits per heavy atom. The van der Waals surface area contributed by atoms with Crippen LogP contribution >= 0.6 is 23.4 Å². The Labute approximate surface area is 141 Å². The van der Waals surface area contributed by atoms with Crippen molar-refractivity contribution in [2.75, 3.05) is 31.1 Å². The summed E-state index contributed by atoms with van der Waals surface area (Å²) in [6.45, 7) is 8.62. The molecule has 3 rings (SSSR count). The summed E-state index contributed by atoms with van der Waals surface area (Å²) in [5, 5.41) is 5.09. The van der Waals surface area contributed by atoms with E-state index >= 15 is 0 Å². The largest absolute Gasteiger partial charge is 0.336 e. The molecule has 0 N–H and O–H groups in total. The summed E-state index contributed by atoms with van der Waals surface area (Å²) in [6.07, 6.45) is 1.04. The maximum atomic E-state index is 12.7. The molecule has 1 aromatic rings. The molecule has 2 aliphatic rings. The van der Waals surface area contributed by atoms with Crippen LogP contribution in [-0.2, 0) is 13.1 Å². The summed E-state index contributed by atoms with van der Waals surface area (Å²) in [4.78, 5) is 16.9. The van der Waals surface area contributed by atoms with Crippen LogP contribution in [0, 0.1) is 0 Å². The van der Waals surface area contributed by atoms with Gasteiger partial charge in [-0.05, 0) is 20.3 Å². The van der Waals surface area contributed by atoms with Crippen LogP contribution in [0.15, 0.2) is 0 Å². The summed E-state index contributed by atoms with van der Waals surface area (Å²) in [7, 11) is 0. The molecule has 0 spiro atoms. The molecule has 0 unspecified atom stereocenters. The highest BCUT2D eigenvalue weighted by atomic mass is 35.5. The van der Waals surface area contributed by atoms with Crippen molar-refractivity contribution in [1.82, 2.24) is 19.6 Å². The van der Waals surface area contributed by atoms with Crippen molar-refractivity contribution in [3.05, 3.63) is 16.4 Å². The summed E-state index contributed by atoms with van der Waals surface area (Å²) in [5.41, 5.74) is 1.43. The predicted molar refractivity (Wildman–Crippen MR) is 90.6 cm³/mol. The first-order valence-electron chi connectivity index (χ1n) is 7.94. The van der Waals surface area contributed by atoms with E-state index in [0.717, 1.165) is 56.3 Å². The van der Waals surface area contributed by atoms with Crippen molar-refractivity contribution >= 4 is 29.3 Å². The Morgan fingerprint density at radius 1 is 1.23 bits per heavy atom. The average molecular weight is 343 g/mol. The maximum Gasteiger partial charge on any atom is 0.275 e. The molecule has 0 aromatic carbocycles. The molecule has 0 radical (unpaired) electrons. The molecule has 5 nitrogen and oxygen atoms in total. The molecule has 1 amide bonds. The Balaban J connectivity index is 1.85. The van der Waals surface area contributed by atoms with Gasteiger partial charge in [-0.15, -0.1) is 0 Å². The van der Waals surface area contributed by atoms with Gasteiger partial charge >= 0.3 is 0 Å². The molecule has 7 heteroatoms. The minimum Gasteiger partial charge on any atom is -0.336 e. The number of hydrogen-bond donors (Lipinski definition) is 0. The van der Waals surface area contributed by atoms with E-state index in [1.807, 2.05) is 21.3 Å². The lowest BCUT2D eigenvalue weighted by atomic mass is 10.2. The van der Waals surface area contributed by atoms with Gasteiger partial charge in [0.25, 0.3) is 5.91 Å². The van der Waals surface area contributed by atoms with Gasteiger partial charge in [0.2, 0.25) is 0 Å². The number of nitrogens with zero attached hydrogens (tertiary/aromatic N) is 4. The Hall–Kier alpha value is -0.720. The van der Waals surface area contributed by atoms with Crippen molar-refractivity contribution < 1.29 is 4.79 Å². The first-order valence-corrected chi connectivity index (χ1v) is 9.47. The second kappa shape index (κ2) is 6.81. The summed E-state index contributed by atoms with van der Waals surface area (Å²) in [5.74, 6) is 1.98. The third-order valence-corrected chi connectivity index (χ3v) is 5.73. The van der Waals surface area contributed by atoms with Crippen LogP contribution in [0.4, 0.5) is 0 Å². The van der Waals surface area contributed by atoms with Gasteiger partial charge in [0, 0.05) is 50.3 Å². The number of aromatic nitrogens is 2. The predicted octanol–water partition coefficient (Wildman–Crippen LogP) is 2.34. The van der Waals surface area contributed by atoms with Gasteiger partial charge in [-0.3, -0.25) is 14.4 Å². The Morgan fingerprint density at radius 3 is 2.64 bits per heavy atom. The number of amides is 1. The molecule has 0 aliphatic carbocycles. The van der Waals surface area contributed by atoms with E-state index in [4.69, 9.17) is 11.6 Å². The van der Waals surface area contributed by atoms with Gasteiger partial charge in [0.1, 0.15) is 0 Å². The first kappa shape index (κ1) is 16.1. The number of aryl methyl sites for hydroxylation is 1. The molecule has 3 heterocycles. The van der Waals surface area contributed by atoms with Crippen LogP contribution in [0.3, 0.4) is 0 Å². The average Bonchev–Trinajstić information content (AvgIpc) is 2.71. The molecule has 2 aliphatic heterocycles. The number of rotatable bonds is 2. The lowest BCUT2D eigenvalue weighted by molar-refractivity contribution is 0.0765.